The van der Waals surface area contributed by atoms with E-state index in [1.807, 2.05) is 6.92 Å². The lowest BCUT2D eigenvalue weighted by Crippen LogP contribution is -2.29. The number of ether oxygens (including phenoxy) is 2. The maximum atomic E-state index is 13.4. The number of non-ortho nitro benzene ring substituents is 1. The van der Waals surface area contributed by atoms with Crippen LogP contribution in [-0.4, -0.2) is 45.9 Å². The van der Waals surface area contributed by atoms with E-state index in [2.05, 4.69) is 11.6 Å². The third-order valence-electron chi connectivity index (χ3n) is 5.95. The molecule has 0 bridgehead atoms. The number of carbonyl (C=O) groups excluding carboxylic acids is 3. The number of hydrogen-bond acceptors (Lipinski definition) is 10. The summed E-state index contributed by atoms with van der Waals surface area (Å²) in [6.45, 7) is 7.48. The fourth-order valence-electron chi connectivity index (χ4n) is 4.11. The molecule has 1 aliphatic rings. The standard InChI is InChI=1S/C28H25N3O8S/c1-4-13-38-20-11-9-17(10-12-20)23(32)21-22(18-7-6-8-19(15-18)31(36)37)30(26(34)24(21)33)28-29-16(3)25(40-28)27(35)39-14-5-2/h5-12,15,22,32H,2,4,13-14H2,1,3H3/b23-21+. The van der Waals surface area contributed by atoms with E-state index < -0.39 is 34.4 Å². The molecule has 3 aromatic rings. The Labute approximate surface area is 233 Å². The van der Waals surface area contributed by atoms with Crippen molar-refractivity contribution in [2.24, 2.45) is 0 Å². The van der Waals surface area contributed by atoms with E-state index >= 15 is 0 Å². The highest BCUT2D eigenvalue weighted by Gasteiger charge is 2.48. The minimum atomic E-state index is -1.27. The number of esters is 1. The molecule has 1 saturated heterocycles. The van der Waals surface area contributed by atoms with Gasteiger partial charge >= 0.3 is 11.9 Å². The number of rotatable bonds is 10. The third kappa shape index (κ3) is 5.47. The summed E-state index contributed by atoms with van der Waals surface area (Å²) < 4.78 is 10.7. The van der Waals surface area contributed by atoms with Crippen molar-refractivity contribution in [1.29, 1.82) is 0 Å². The number of ketones is 1. The van der Waals surface area contributed by atoms with E-state index in [9.17, 15) is 29.6 Å². The Morgan fingerprint density at radius 2 is 1.98 bits per heavy atom. The van der Waals surface area contributed by atoms with Crippen LogP contribution in [0.5, 0.6) is 5.75 Å². The Bertz CT molecular complexity index is 1530. The van der Waals surface area contributed by atoms with Gasteiger partial charge in [-0.3, -0.25) is 24.6 Å². The Morgan fingerprint density at radius 3 is 2.62 bits per heavy atom. The van der Waals surface area contributed by atoms with Gasteiger partial charge in [0.2, 0.25) is 0 Å². The largest absolute Gasteiger partial charge is 0.507 e. The molecule has 40 heavy (non-hydrogen) atoms. The van der Waals surface area contributed by atoms with Gasteiger partial charge in [0.05, 0.1) is 28.8 Å². The molecule has 11 nitrogen and oxygen atoms in total. The molecule has 0 radical (unpaired) electrons. The highest BCUT2D eigenvalue weighted by Crippen LogP contribution is 2.44. The average Bonchev–Trinajstić information content (AvgIpc) is 3.46. The van der Waals surface area contributed by atoms with Gasteiger partial charge in [-0.05, 0) is 43.2 Å². The van der Waals surface area contributed by atoms with E-state index in [0.29, 0.717) is 12.4 Å². The van der Waals surface area contributed by atoms with Crippen LogP contribution < -0.4 is 9.64 Å². The number of aryl methyl sites for hydroxylation is 1. The van der Waals surface area contributed by atoms with Crippen LogP contribution in [0.4, 0.5) is 10.8 Å². The molecule has 1 fully saturated rings. The molecule has 0 aliphatic carbocycles. The molecular weight excluding hydrogens is 538 g/mol. The number of aliphatic hydroxyl groups is 1. The summed E-state index contributed by atoms with van der Waals surface area (Å²) in [5, 5.41) is 22.8. The highest BCUT2D eigenvalue weighted by atomic mass is 32.1. The lowest BCUT2D eigenvalue weighted by Gasteiger charge is -2.22. The van der Waals surface area contributed by atoms with Crippen LogP contribution in [0.3, 0.4) is 0 Å². The molecule has 4 rings (SSSR count). The quantitative estimate of drug-likeness (QED) is 0.0675. The molecule has 1 N–H and O–H groups in total. The van der Waals surface area contributed by atoms with Gasteiger partial charge < -0.3 is 14.6 Å². The molecule has 1 unspecified atom stereocenters. The molecule has 1 aromatic heterocycles. The zero-order chi connectivity index (χ0) is 29.0. The van der Waals surface area contributed by atoms with Crippen molar-refractivity contribution in [3.05, 3.63) is 98.6 Å². The molecular formula is C28H25N3O8S. The van der Waals surface area contributed by atoms with Crippen molar-refractivity contribution in [3.63, 3.8) is 0 Å². The average molecular weight is 564 g/mol. The number of benzene rings is 2. The Kier molecular flexibility index (Phi) is 8.39. The summed E-state index contributed by atoms with van der Waals surface area (Å²) in [6.07, 6.45) is 2.21. The number of thiazole rings is 1. The van der Waals surface area contributed by atoms with Crippen molar-refractivity contribution in [2.75, 3.05) is 18.1 Å². The number of aliphatic hydroxyl groups excluding tert-OH is 1. The Balaban J connectivity index is 1.86. The van der Waals surface area contributed by atoms with Crippen LogP contribution in [0.15, 0.2) is 66.8 Å². The summed E-state index contributed by atoms with van der Waals surface area (Å²) in [6, 6.07) is 10.5. The van der Waals surface area contributed by atoms with Gasteiger partial charge in [-0.15, -0.1) is 0 Å². The molecule has 1 atom stereocenters. The maximum absolute atomic E-state index is 13.4. The first-order chi connectivity index (χ1) is 19.2. The number of aromatic nitrogens is 1. The summed E-state index contributed by atoms with van der Waals surface area (Å²) >= 11 is 0.827. The van der Waals surface area contributed by atoms with Crippen molar-refractivity contribution in [1.82, 2.24) is 4.98 Å². The molecule has 0 saturated carbocycles. The first-order valence-corrected chi connectivity index (χ1v) is 13.0. The van der Waals surface area contributed by atoms with Crippen LogP contribution in [0, 0.1) is 17.0 Å². The molecule has 1 aliphatic heterocycles. The minimum Gasteiger partial charge on any atom is -0.507 e. The second-order valence-corrected chi connectivity index (χ2v) is 9.67. The van der Waals surface area contributed by atoms with Gasteiger partial charge in [-0.1, -0.05) is 43.0 Å². The topological polar surface area (TPSA) is 149 Å². The van der Waals surface area contributed by atoms with Crippen LogP contribution in [0.2, 0.25) is 0 Å². The first-order valence-electron chi connectivity index (χ1n) is 12.2. The van der Waals surface area contributed by atoms with Gasteiger partial charge in [-0.2, -0.15) is 0 Å². The summed E-state index contributed by atoms with van der Waals surface area (Å²) in [5.74, 6) is -2.62. The van der Waals surface area contributed by atoms with E-state index in [-0.39, 0.29) is 44.7 Å². The van der Waals surface area contributed by atoms with E-state index in [1.54, 1.807) is 31.2 Å². The van der Waals surface area contributed by atoms with Crippen molar-refractivity contribution in [3.8, 4) is 5.75 Å². The minimum absolute atomic E-state index is 0.0102. The Morgan fingerprint density at radius 1 is 1.25 bits per heavy atom. The SMILES string of the molecule is C=CCOC(=O)c1sc(N2C(=O)C(=O)/C(=C(/O)c3ccc(OCCC)cc3)C2c2cccc([N+](=O)[O-])c2)nc1C. The fraction of sp³-hybridized carbons (Fsp3) is 0.214. The first kappa shape index (κ1) is 28.2. The molecule has 2 aromatic carbocycles. The van der Waals surface area contributed by atoms with E-state index in [4.69, 9.17) is 9.47 Å². The van der Waals surface area contributed by atoms with Gasteiger partial charge in [0.1, 0.15) is 23.0 Å². The predicted octanol–water partition coefficient (Wildman–Crippen LogP) is 5.12. The second kappa shape index (κ2) is 11.9. The molecule has 0 spiro atoms. The molecule has 12 heteroatoms. The number of nitro groups is 1. The van der Waals surface area contributed by atoms with Gasteiger partial charge in [-0.25, -0.2) is 9.78 Å². The maximum Gasteiger partial charge on any atom is 0.350 e. The lowest BCUT2D eigenvalue weighted by molar-refractivity contribution is -0.384. The number of hydrogen-bond donors (Lipinski definition) is 1. The fourth-order valence-corrected chi connectivity index (χ4v) is 5.10. The highest BCUT2D eigenvalue weighted by molar-refractivity contribution is 7.17. The van der Waals surface area contributed by atoms with Gasteiger partial charge in [0.25, 0.3) is 11.5 Å². The normalized spacial score (nSPS) is 16.1. The summed E-state index contributed by atoms with van der Waals surface area (Å²) in [4.78, 5) is 55.7. The van der Waals surface area contributed by atoms with Gasteiger partial charge in [0.15, 0.2) is 5.13 Å². The molecule has 1 amide bonds. The monoisotopic (exact) mass is 563 g/mol. The number of nitrogens with zero attached hydrogens (tertiary/aromatic N) is 3. The molecule has 2 heterocycles. The number of amides is 1. The van der Waals surface area contributed by atoms with Gasteiger partial charge in [0, 0.05) is 17.7 Å². The van der Waals surface area contributed by atoms with Crippen LogP contribution in [0.25, 0.3) is 5.76 Å². The van der Waals surface area contributed by atoms with Crippen molar-refractivity contribution in [2.45, 2.75) is 26.3 Å². The van der Waals surface area contributed by atoms with Crippen molar-refractivity contribution < 1.29 is 33.9 Å². The number of anilines is 1. The predicted molar refractivity (Wildman–Crippen MR) is 147 cm³/mol. The van der Waals surface area contributed by atoms with Crippen LogP contribution in [-0.2, 0) is 14.3 Å². The summed E-state index contributed by atoms with van der Waals surface area (Å²) in [7, 11) is 0. The zero-order valence-electron chi connectivity index (χ0n) is 21.7. The number of Topliss-reactive ketones (excluding diaryl/α,β-unsaturated/α-hetero) is 1. The Hall–Kier alpha value is -4.84. The van der Waals surface area contributed by atoms with Crippen LogP contribution in [0.1, 0.15) is 45.9 Å². The van der Waals surface area contributed by atoms with E-state index in [0.717, 1.165) is 22.7 Å². The van der Waals surface area contributed by atoms with Crippen LogP contribution >= 0.6 is 11.3 Å². The number of nitro benzene ring substituents is 1. The zero-order valence-corrected chi connectivity index (χ0v) is 22.5. The van der Waals surface area contributed by atoms with Crippen molar-refractivity contribution >= 4 is 45.6 Å². The van der Waals surface area contributed by atoms with E-state index in [1.165, 1.54) is 30.3 Å². The lowest BCUT2D eigenvalue weighted by atomic mass is 9.95. The second-order valence-electron chi connectivity index (χ2n) is 8.69. The smallest absolute Gasteiger partial charge is 0.350 e. The summed E-state index contributed by atoms with van der Waals surface area (Å²) in [5.41, 5.74) is 0.139. The third-order valence-corrected chi connectivity index (χ3v) is 7.09. The molecule has 206 valence electrons. The number of carbonyl (C=O) groups is 3.